The van der Waals surface area contributed by atoms with E-state index < -0.39 is 29.4 Å². The molecule has 0 aromatic carbocycles. The van der Waals surface area contributed by atoms with E-state index in [0.29, 0.717) is 0 Å². The van der Waals surface area contributed by atoms with Crippen LogP contribution in [0.15, 0.2) is 17.3 Å². The van der Waals surface area contributed by atoms with Crippen molar-refractivity contribution in [1.29, 1.82) is 0 Å². The molecule has 0 atom stereocenters. The SMILES string of the molecule is O=S(=O)(NC(CF)CF)c1cnc(Cl)nc1. The molecular weight excluding hydrogens is 264 g/mol. The second-order valence-electron chi connectivity index (χ2n) is 2.81. The molecule has 1 aromatic heterocycles. The van der Waals surface area contributed by atoms with Crippen LogP contribution < -0.4 is 4.72 Å². The Morgan fingerprint density at radius 2 is 1.81 bits per heavy atom. The predicted octanol–water partition coefficient (Wildman–Crippen LogP) is 0.716. The van der Waals surface area contributed by atoms with Crippen molar-refractivity contribution in [3.63, 3.8) is 0 Å². The van der Waals surface area contributed by atoms with E-state index in [1.54, 1.807) is 0 Å². The summed E-state index contributed by atoms with van der Waals surface area (Å²) in [5.74, 6) is 0. The molecule has 0 saturated heterocycles. The van der Waals surface area contributed by atoms with Gasteiger partial charge in [0.15, 0.2) is 0 Å². The fourth-order valence-electron chi connectivity index (χ4n) is 0.831. The standard InChI is InChI=1S/C7H8ClF2N3O2S/c8-7-11-3-6(4-12-7)16(14,15)13-5(1-9)2-10/h3-5,13H,1-2H2. The lowest BCUT2D eigenvalue weighted by Gasteiger charge is -2.11. The van der Waals surface area contributed by atoms with Crippen LogP contribution in [-0.2, 0) is 10.0 Å². The first kappa shape index (κ1) is 13.2. The van der Waals surface area contributed by atoms with Crippen LogP contribution in [0.25, 0.3) is 0 Å². The van der Waals surface area contributed by atoms with E-state index in [9.17, 15) is 17.2 Å². The maximum atomic E-state index is 12.1. The van der Waals surface area contributed by atoms with Gasteiger partial charge in [-0.3, -0.25) is 0 Å². The normalized spacial score (nSPS) is 12.0. The van der Waals surface area contributed by atoms with Gasteiger partial charge >= 0.3 is 0 Å². The first-order valence-electron chi connectivity index (χ1n) is 4.11. The number of sulfonamides is 1. The molecule has 0 saturated carbocycles. The summed E-state index contributed by atoms with van der Waals surface area (Å²) in [6.07, 6.45) is 1.90. The number of nitrogens with zero attached hydrogens (tertiary/aromatic N) is 2. The molecule has 90 valence electrons. The van der Waals surface area contributed by atoms with E-state index in [1.807, 2.05) is 4.72 Å². The maximum absolute atomic E-state index is 12.1. The number of rotatable bonds is 5. The minimum Gasteiger partial charge on any atom is -0.249 e. The van der Waals surface area contributed by atoms with Crippen molar-refractivity contribution < 1.29 is 17.2 Å². The monoisotopic (exact) mass is 271 g/mol. The first-order chi connectivity index (χ1) is 7.49. The lowest BCUT2D eigenvalue weighted by atomic mass is 10.4. The summed E-state index contributed by atoms with van der Waals surface area (Å²) in [4.78, 5) is 6.60. The third-order valence-electron chi connectivity index (χ3n) is 1.60. The average Bonchev–Trinajstić information content (AvgIpc) is 2.26. The largest absolute Gasteiger partial charge is 0.249 e. The molecule has 0 amide bonds. The third kappa shape index (κ3) is 3.32. The van der Waals surface area contributed by atoms with Gasteiger partial charge in [0.05, 0.1) is 18.4 Å². The second-order valence-corrected chi connectivity index (χ2v) is 4.87. The molecule has 16 heavy (non-hydrogen) atoms. The van der Waals surface area contributed by atoms with E-state index in [0.717, 1.165) is 12.4 Å². The van der Waals surface area contributed by atoms with Crippen LogP contribution in [0.4, 0.5) is 8.78 Å². The first-order valence-corrected chi connectivity index (χ1v) is 5.97. The molecule has 0 spiro atoms. The van der Waals surface area contributed by atoms with E-state index in [4.69, 9.17) is 11.6 Å². The van der Waals surface area contributed by atoms with Crippen LogP contribution in [0.1, 0.15) is 0 Å². The minimum absolute atomic E-state index is 0.119. The number of nitrogens with one attached hydrogen (secondary N) is 1. The van der Waals surface area contributed by atoms with Crippen molar-refractivity contribution in [3.05, 3.63) is 17.7 Å². The van der Waals surface area contributed by atoms with Gasteiger partial charge in [-0.1, -0.05) is 0 Å². The van der Waals surface area contributed by atoms with Gasteiger partial charge in [-0.05, 0) is 11.6 Å². The van der Waals surface area contributed by atoms with Gasteiger partial charge in [-0.15, -0.1) is 0 Å². The van der Waals surface area contributed by atoms with Gasteiger partial charge in [0, 0.05) is 0 Å². The van der Waals surface area contributed by atoms with Crippen molar-refractivity contribution in [3.8, 4) is 0 Å². The zero-order valence-corrected chi connectivity index (χ0v) is 9.47. The lowest BCUT2D eigenvalue weighted by molar-refractivity contribution is 0.334. The highest BCUT2D eigenvalue weighted by Gasteiger charge is 2.20. The van der Waals surface area contributed by atoms with Crippen LogP contribution in [0, 0.1) is 0 Å². The highest BCUT2D eigenvalue weighted by atomic mass is 35.5. The molecule has 0 bridgehead atoms. The van der Waals surface area contributed by atoms with E-state index >= 15 is 0 Å². The molecule has 0 aliphatic carbocycles. The minimum atomic E-state index is -4.01. The number of hydrogen-bond donors (Lipinski definition) is 1. The number of hydrogen-bond acceptors (Lipinski definition) is 4. The Balaban J connectivity index is 2.89. The Morgan fingerprint density at radius 1 is 1.31 bits per heavy atom. The quantitative estimate of drug-likeness (QED) is 0.801. The van der Waals surface area contributed by atoms with Crippen molar-refractivity contribution in [2.24, 2.45) is 0 Å². The summed E-state index contributed by atoms with van der Waals surface area (Å²) in [6, 6.07) is -1.40. The molecule has 0 aliphatic heterocycles. The van der Waals surface area contributed by atoms with E-state index in [1.165, 1.54) is 0 Å². The van der Waals surface area contributed by atoms with Crippen LogP contribution in [0.2, 0.25) is 5.28 Å². The maximum Gasteiger partial charge on any atom is 0.244 e. The summed E-state index contributed by atoms with van der Waals surface area (Å²) in [5, 5.41) is -0.119. The Bertz CT molecular complexity index is 435. The summed E-state index contributed by atoms with van der Waals surface area (Å²) in [7, 11) is -4.01. The van der Waals surface area contributed by atoms with E-state index in [-0.39, 0.29) is 10.2 Å². The highest BCUT2D eigenvalue weighted by Crippen LogP contribution is 2.08. The third-order valence-corrected chi connectivity index (χ3v) is 3.27. The molecule has 5 nitrogen and oxygen atoms in total. The predicted molar refractivity (Wildman–Crippen MR) is 53.1 cm³/mol. The van der Waals surface area contributed by atoms with Crippen molar-refractivity contribution in [2.45, 2.75) is 10.9 Å². The van der Waals surface area contributed by atoms with Gasteiger partial charge in [0.25, 0.3) is 0 Å². The van der Waals surface area contributed by atoms with Gasteiger partial charge in [0.2, 0.25) is 15.3 Å². The Labute approximate surface area is 95.9 Å². The molecule has 0 unspecified atom stereocenters. The fourth-order valence-corrected chi connectivity index (χ4v) is 2.01. The summed E-state index contributed by atoms with van der Waals surface area (Å²) >= 11 is 5.36. The van der Waals surface area contributed by atoms with Crippen molar-refractivity contribution in [2.75, 3.05) is 13.3 Å². The molecule has 1 N–H and O–H groups in total. The fraction of sp³-hybridized carbons (Fsp3) is 0.429. The second kappa shape index (κ2) is 5.46. The Morgan fingerprint density at radius 3 is 2.25 bits per heavy atom. The summed E-state index contributed by atoms with van der Waals surface area (Å²) in [6.45, 7) is -2.27. The van der Waals surface area contributed by atoms with E-state index in [2.05, 4.69) is 9.97 Å². The molecule has 1 aromatic rings. The molecule has 0 radical (unpaired) electrons. The smallest absolute Gasteiger partial charge is 0.244 e. The van der Waals surface area contributed by atoms with Crippen LogP contribution in [0.3, 0.4) is 0 Å². The van der Waals surface area contributed by atoms with Crippen LogP contribution >= 0.6 is 11.6 Å². The number of halogens is 3. The lowest BCUT2D eigenvalue weighted by Crippen LogP contribution is -2.38. The van der Waals surface area contributed by atoms with Gasteiger partial charge in [-0.2, -0.15) is 0 Å². The molecular formula is C7H8ClF2N3O2S. The zero-order chi connectivity index (χ0) is 12.2. The topological polar surface area (TPSA) is 72.0 Å². The molecule has 0 fully saturated rings. The zero-order valence-electron chi connectivity index (χ0n) is 7.90. The van der Waals surface area contributed by atoms with Gasteiger partial charge in [-0.25, -0.2) is 31.9 Å². The van der Waals surface area contributed by atoms with Crippen molar-refractivity contribution in [1.82, 2.24) is 14.7 Å². The molecule has 0 aliphatic rings. The molecule has 9 heteroatoms. The summed E-state index contributed by atoms with van der Waals surface area (Å²) in [5.41, 5.74) is 0. The highest BCUT2D eigenvalue weighted by molar-refractivity contribution is 7.89. The van der Waals surface area contributed by atoms with Crippen molar-refractivity contribution >= 4 is 21.6 Å². The van der Waals surface area contributed by atoms with Gasteiger partial charge < -0.3 is 0 Å². The molecule has 1 rings (SSSR count). The molecule has 1 heterocycles. The Kier molecular flexibility index (Phi) is 4.51. The Hall–Kier alpha value is -0.860. The van der Waals surface area contributed by atoms with Crippen LogP contribution in [0.5, 0.6) is 0 Å². The summed E-state index contributed by atoms with van der Waals surface area (Å²) < 4.78 is 49.1. The average molecular weight is 272 g/mol. The van der Waals surface area contributed by atoms with Gasteiger partial charge in [0.1, 0.15) is 18.2 Å². The number of aromatic nitrogens is 2. The van der Waals surface area contributed by atoms with Crippen LogP contribution in [-0.4, -0.2) is 37.8 Å². The number of alkyl halides is 2.